The van der Waals surface area contributed by atoms with Gasteiger partial charge in [-0.2, -0.15) is 0 Å². The molecule has 2 rings (SSSR count). The third kappa shape index (κ3) is 4.42. The molecular formula is C14H11BrClN3OS. The van der Waals surface area contributed by atoms with Gasteiger partial charge in [-0.25, -0.2) is 0 Å². The minimum absolute atomic E-state index is 0.417. The Hall–Kier alpha value is -1.63. The second kappa shape index (κ2) is 6.89. The first-order valence-electron chi connectivity index (χ1n) is 5.88. The molecule has 4 N–H and O–H groups in total. The van der Waals surface area contributed by atoms with Crippen molar-refractivity contribution in [2.75, 3.05) is 10.6 Å². The molecule has 1 amide bonds. The predicted octanol–water partition coefficient (Wildman–Crippen LogP) is 4.01. The SMILES string of the molecule is NC(=O)c1ccc(NC(=S)Nc2ccc(Br)c(Cl)c2)cc1. The van der Waals surface area contributed by atoms with Crippen molar-refractivity contribution < 1.29 is 4.79 Å². The van der Waals surface area contributed by atoms with Gasteiger partial charge in [-0.3, -0.25) is 4.79 Å². The molecule has 7 heteroatoms. The maximum atomic E-state index is 11.0. The van der Waals surface area contributed by atoms with Gasteiger partial charge in [-0.15, -0.1) is 0 Å². The molecule has 0 spiro atoms. The first-order chi connectivity index (χ1) is 9.95. The van der Waals surface area contributed by atoms with Gasteiger partial charge in [0.05, 0.1) is 5.02 Å². The highest BCUT2D eigenvalue weighted by Gasteiger charge is 2.03. The van der Waals surface area contributed by atoms with Crippen LogP contribution in [0.1, 0.15) is 10.4 Å². The van der Waals surface area contributed by atoms with Crippen LogP contribution in [-0.2, 0) is 0 Å². The Bertz CT molecular complexity index is 691. The summed E-state index contributed by atoms with van der Waals surface area (Å²) in [6.07, 6.45) is 0. The third-order valence-electron chi connectivity index (χ3n) is 2.60. The molecular weight excluding hydrogens is 374 g/mol. The molecule has 4 nitrogen and oxygen atoms in total. The molecule has 0 atom stereocenters. The van der Waals surface area contributed by atoms with Gasteiger partial charge in [0.15, 0.2) is 5.11 Å². The van der Waals surface area contributed by atoms with Crippen molar-refractivity contribution in [1.29, 1.82) is 0 Å². The standard InChI is InChI=1S/C14H11BrClN3OS/c15-11-6-5-10(7-12(11)16)19-14(21)18-9-3-1-8(2-4-9)13(17)20/h1-7H,(H2,17,20)(H2,18,19,21). The molecule has 0 unspecified atom stereocenters. The molecule has 0 aliphatic rings. The molecule has 2 aromatic carbocycles. The van der Waals surface area contributed by atoms with E-state index < -0.39 is 5.91 Å². The van der Waals surface area contributed by atoms with E-state index in [0.29, 0.717) is 15.7 Å². The van der Waals surface area contributed by atoms with E-state index in [2.05, 4.69) is 26.6 Å². The summed E-state index contributed by atoms with van der Waals surface area (Å²) in [4.78, 5) is 11.0. The highest BCUT2D eigenvalue weighted by Crippen LogP contribution is 2.25. The van der Waals surface area contributed by atoms with E-state index in [0.717, 1.165) is 15.8 Å². The van der Waals surface area contributed by atoms with Crippen LogP contribution in [-0.4, -0.2) is 11.0 Å². The van der Waals surface area contributed by atoms with Crippen molar-refractivity contribution >= 4 is 62.1 Å². The topological polar surface area (TPSA) is 67.2 Å². The number of primary amides is 1. The summed E-state index contributed by atoms with van der Waals surface area (Å²) in [7, 11) is 0. The van der Waals surface area contributed by atoms with E-state index in [4.69, 9.17) is 29.6 Å². The molecule has 0 aliphatic heterocycles. The van der Waals surface area contributed by atoms with E-state index in [-0.39, 0.29) is 0 Å². The number of benzene rings is 2. The van der Waals surface area contributed by atoms with Crippen LogP contribution in [0.2, 0.25) is 5.02 Å². The number of nitrogens with two attached hydrogens (primary N) is 1. The zero-order valence-electron chi connectivity index (χ0n) is 10.7. The number of rotatable bonds is 3. The third-order valence-corrected chi connectivity index (χ3v) is 4.04. The number of amides is 1. The maximum Gasteiger partial charge on any atom is 0.248 e. The fourth-order valence-corrected chi connectivity index (χ4v) is 2.25. The fourth-order valence-electron chi connectivity index (χ4n) is 1.59. The Morgan fingerprint density at radius 3 is 2.24 bits per heavy atom. The Balaban J connectivity index is 2.01. The number of nitrogens with one attached hydrogen (secondary N) is 2. The van der Waals surface area contributed by atoms with Crippen molar-refractivity contribution in [3.05, 3.63) is 57.5 Å². The number of hydrogen-bond acceptors (Lipinski definition) is 2. The largest absolute Gasteiger partial charge is 0.366 e. The summed E-state index contributed by atoms with van der Waals surface area (Å²) in [5.74, 6) is -0.466. The van der Waals surface area contributed by atoms with Gasteiger partial charge in [0.1, 0.15) is 0 Å². The van der Waals surface area contributed by atoms with Crippen LogP contribution in [0.25, 0.3) is 0 Å². The molecule has 21 heavy (non-hydrogen) atoms. The number of carbonyl (C=O) groups is 1. The first-order valence-corrected chi connectivity index (χ1v) is 7.46. The predicted molar refractivity (Wildman–Crippen MR) is 94.0 cm³/mol. The lowest BCUT2D eigenvalue weighted by molar-refractivity contribution is 0.100. The van der Waals surface area contributed by atoms with Gasteiger partial charge in [-0.05, 0) is 70.6 Å². The monoisotopic (exact) mass is 383 g/mol. The van der Waals surface area contributed by atoms with Crippen LogP contribution in [0.3, 0.4) is 0 Å². The van der Waals surface area contributed by atoms with Crippen LogP contribution in [0.5, 0.6) is 0 Å². The smallest absolute Gasteiger partial charge is 0.248 e. The van der Waals surface area contributed by atoms with E-state index in [1.807, 2.05) is 12.1 Å². The minimum atomic E-state index is -0.466. The molecule has 0 saturated heterocycles. The number of hydrogen-bond donors (Lipinski definition) is 3. The molecule has 108 valence electrons. The number of halogens is 2. The molecule has 0 aliphatic carbocycles. The van der Waals surface area contributed by atoms with Gasteiger partial charge < -0.3 is 16.4 Å². The molecule has 0 heterocycles. The second-order valence-corrected chi connectivity index (χ2v) is 5.82. The fraction of sp³-hybridized carbons (Fsp3) is 0. The number of anilines is 2. The quantitative estimate of drug-likeness (QED) is 0.700. The molecule has 0 saturated carbocycles. The molecule has 0 bridgehead atoms. The summed E-state index contributed by atoms with van der Waals surface area (Å²) in [6, 6.07) is 12.1. The van der Waals surface area contributed by atoms with Crippen LogP contribution in [0.4, 0.5) is 11.4 Å². The highest BCUT2D eigenvalue weighted by atomic mass is 79.9. The van der Waals surface area contributed by atoms with Gasteiger partial charge in [0.25, 0.3) is 0 Å². The maximum absolute atomic E-state index is 11.0. The zero-order valence-corrected chi connectivity index (χ0v) is 13.8. The molecule has 0 fully saturated rings. The van der Waals surface area contributed by atoms with E-state index in [1.54, 1.807) is 30.3 Å². The Labute approximate surface area is 140 Å². The lowest BCUT2D eigenvalue weighted by Gasteiger charge is -2.11. The molecule has 0 aromatic heterocycles. The van der Waals surface area contributed by atoms with Gasteiger partial charge >= 0.3 is 0 Å². The van der Waals surface area contributed by atoms with Gasteiger partial charge in [0, 0.05) is 21.4 Å². The molecule has 2 aromatic rings. The zero-order chi connectivity index (χ0) is 15.4. The number of carbonyl (C=O) groups excluding carboxylic acids is 1. The minimum Gasteiger partial charge on any atom is -0.366 e. The lowest BCUT2D eigenvalue weighted by Crippen LogP contribution is -2.19. The number of thiocarbonyl (C=S) groups is 1. The van der Waals surface area contributed by atoms with Crippen molar-refractivity contribution in [2.24, 2.45) is 5.73 Å². The summed E-state index contributed by atoms with van der Waals surface area (Å²) in [5, 5.41) is 7.03. The Morgan fingerprint density at radius 1 is 1.10 bits per heavy atom. The highest BCUT2D eigenvalue weighted by molar-refractivity contribution is 9.10. The summed E-state index contributed by atoms with van der Waals surface area (Å²) >= 11 is 14.5. The second-order valence-electron chi connectivity index (χ2n) is 4.15. The van der Waals surface area contributed by atoms with E-state index in [1.165, 1.54) is 0 Å². The van der Waals surface area contributed by atoms with E-state index >= 15 is 0 Å². The summed E-state index contributed by atoms with van der Waals surface area (Å²) in [5.41, 5.74) is 7.15. The van der Waals surface area contributed by atoms with Crippen LogP contribution in [0, 0.1) is 0 Å². The van der Waals surface area contributed by atoms with Gasteiger partial charge in [-0.1, -0.05) is 11.6 Å². The van der Waals surface area contributed by atoms with E-state index in [9.17, 15) is 4.79 Å². The Morgan fingerprint density at radius 2 is 1.67 bits per heavy atom. The van der Waals surface area contributed by atoms with Crippen molar-refractivity contribution in [3.63, 3.8) is 0 Å². The van der Waals surface area contributed by atoms with Crippen molar-refractivity contribution in [2.45, 2.75) is 0 Å². The molecule has 0 radical (unpaired) electrons. The van der Waals surface area contributed by atoms with Crippen LogP contribution < -0.4 is 16.4 Å². The average molecular weight is 385 g/mol. The summed E-state index contributed by atoms with van der Waals surface area (Å²) in [6.45, 7) is 0. The van der Waals surface area contributed by atoms with Gasteiger partial charge in [0.2, 0.25) is 5.91 Å². The average Bonchev–Trinajstić information content (AvgIpc) is 2.43. The van der Waals surface area contributed by atoms with Crippen molar-refractivity contribution in [3.8, 4) is 0 Å². The first kappa shape index (κ1) is 15.8. The Kier molecular flexibility index (Phi) is 5.17. The summed E-state index contributed by atoms with van der Waals surface area (Å²) < 4.78 is 0.815. The normalized spacial score (nSPS) is 10.0. The van der Waals surface area contributed by atoms with Crippen molar-refractivity contribution in [1.82, 2.24) is 0 Å². The van der Waals surface area contributed by atoms with Crippen LogP contribution in [0.15, 0.2) is 46.9 Å². The lowest BCUT2D eigenvalue weighted by atomic mass is 10.2. The van der Waals surface area contributed by atoms with Crippen LogP contribution >= 0.6 is 39.7 Å².